The Morgan fingerprint density at radius 3 is 2.33 bits per heavy atom. The number of carboxylic acids is 1. The second-order valence-electron chi connectivity index (χ2n) is 6.66. The van der Waals surface area contributed by atoms with Gasteiger partial charge >= 0.3 is 5.97 Å². The number of aliphatic carboxylic acids is 1. The summed E-state index contributed by atoms with van der Waals surface area (Å²) < 4.78 is 5.88. The van der Waals surface area contributed by atoms with Gasteiger partial charge in [-0.25, -0.2) is 0 Å². The molecule has 1 unspecified atom stereocenters. The highest BCUT2D eigenvalue weighted by molar-refractivity contribution is 5.81. The third kappa shape index (κ3) is 7.46. The Morgan fingerprint density at radius 1 is 1.24 bits per heavy atom. The van der Waals surface area contributed by atoms with Crippen molar-refractivity contribution < 1.29 is 19.4 Å². The average Bonchev–Trinajstić information content (AvgIpc) is 2.64. The van der Waals surface area contributed by atoms with E-state index in [1.807, 2.05) is 13.8 Å². The molecule has 0 radical (unpaired) electrons. The van der Waals surface area contributed by atoms with E-state index in [-0.39, 0.29) is 18.4 Å². The smallest absolute Gasteiger partial charge is 0.303 e. The van der Waals surface area contributed by atoms with Crippen LogP contribution in [-0.4, -0.2) is 34.7 Å². The minimum Gasteiger partial charge on any atom is -0.481 e. The van der Waals surface area contributed by atoms with Crippen molar-refractivity contribution in [3.05, 3.63) is 0 Å². The van der Waals surface area contributed by atoms with Crippen molar-refractivity contribution in [1.29, 1.82) is 0 Å². The second kappa shape index (κ2) is 8.37. The van der Waals surface area contributed by atoms with Gasteiger partial charge in [0.25, 0.3) is 0 Å². The third-order valence-electron chi connectivity index (χ3n) is 3.99. The summed E-state index contributed by atoms with van der Waals surface area (Å²) in [6.07, 6.45) is 7.04. The van der Waals surface area contributed by atoms with Crippen molar-refractivity contribution >= 4 is 11.9 Å². The van der Waals surface area contributed by atoms with Crippen LogP contribution < -0.4 is 5.32 Å². The quantitative estimate of drug-likeness (QED) is 0.709. The molecule has 0 bridgehead atoms. The number of amides is 1. The first-order chi connectivity index (χ1) is 9.80. The van der Waals surface area contributed by atoms with Crippen LogP contribution in [0.4, 0.5) is 0 Å². The lowest BCUT2D eigenvalue weighted by molar-refractivity contribution is -0.140. The minimum absolute atomic E-state index is 0.0468. The van der Waals surface area contributed by atoms with E-state index in [2.05, 4.69) is 5.32 Å². The van der Waals surface area contributed by atoms with E-state index in [0.717, 1.165) is 12.8 Å². The molecule has 1 saturated carbocycles. The molecule has 122 valence electrons. The van der Waals surface area contributed by atoms with E-state index in [0.29, 0.717) is 6.42 Å². The van der Waals surface area contributed by atoms with Crippen molar-refractivity contribution in [2.45, 2.75) is 89.9 Å². The molecule has 5 heteroatoms. The number of hydrogen-bond acceptors (Lipinski definition) is 3. The summed E-state index contributed by atoms with van der Waals surface area (Å²) in [5.74, 6) is -1.00. The number of hydrogen-bond donors (Lipinski definition) is 2. The van der Waals surface area contributed by atoms with Crippen LogP contribution in [0.2, 0.25) is 0 Å². The molecule has 5 nitrogen and oxygen atoms in total. The van der Waals surface area contributed by atoms with Crippen molar-refractivity contribution in [3.63, 3.8) is 0 Å². The number of rotatable bonds is 7. The molecule has 1 fully saturated rings. The number of carbonyl (C=O) groups is 2. The fourth-order valence-corrected chi connectivity index (χ4v) is 2.65. The molecule has 0 aliphatic heterocycles. The highest BCUT2D eigenvalue weighted by Crippen LogP contribution is 2.21. The van der Waals surface area contributed by atoms with Gasteiger partial charge < -0.3 is 15.2 Å². The van der Waals surface area contributed by atoms with Crippen LogP contribution in [-0.2, 0) is 14.3 Å². The Morgan fingerprint density at radius 2 is 1.81 bits per heavy atom. The Bertz CT molecular complexity index is 346. The van der Waals surface area contributed by atoms with Gasteiger partial charge in [-0.2, -0.15) is 0 Å². The highest BCUT2D eigenvalue weighted by atomic mass is 16.5. The minimum atomic E-state index is -0.847. The molecule has 0 heterocycles. The SMILES string of the molecule is CC(OC1CCCCCC1)C(=O)NC(C)(C)CCC(=O)O. The van der Waals surface area contributed by atoms with Crippen molar-refractivity contribution in [3.8, 4) is 0 Å². The number of ether oxygens (including phenoxy) is 1. The molecular weight excluding hydrogens is 270 g/mol. The van der Waals surface area contributed by atoms with Crippen LogP contribution in [0.25, 0.3) is 0 Å². The van der Waals surface area contributed by atoms with Crippen LogP contribution in [0.5, 0.6) is 0 Å². The van der Waals surface area contributed by atoms with Gasteiger partial charge in [-0.05, 0) is 40.0 Å². The average molecular weight is 299 g/mol. The molecule has 0 saturated heterocycles. The zero-order valence-electron chi connectivity index (χ0n) is 13.5. The van der Waals surface area contributed by atoms with Crippen LogP contribution in [0.1, 0.15) is 72.1 Å². The molecule has 0 spiro atoms. The fourth-order valence-electron chi connectivity index (χ4n) is 2.65. The van der Waals surface area contributed by atoms with Crippen LogP contribution in [0.15, 0.2) is 0 Å². The molecule has 21 heavy (non-hydrogen) atoms. The van der Waals surface area contributed by atoms with E-state index in [4.69, 9.17) is 9.84 Å². The summed E-state index contributed by atoms with van der Waals surface area (Å²) in [7, 11) is 0. The predicted molar refractivity (Wildman–Crippen MR) is 81.1 cm³/mol. The monoisotopic (exact) mass is 299 g/mol. The van der Waals surface area contributed by atoms with E-state index < -0.39 is 17.6 Å². The van der Waals surface area contributed by atoms with Gasteiger partial charge in [-0.1, -0.05) is 25.7 Å². The Labute approximate surface area is 127 Å². The standard InChI is InChI=1S/C16H29NO4/c1-12(21-13-8-6-4-5-7-9-13)15(20)17-16(2,3)11-10-14(18)19/h12-13H,4-11H2,1-3H3,(H,17,20)(H,18,19). The highest BCUT2D eigenvalue weighted by Gasteiger charge is 2.26. The summed E-state index contributed by atoms with van der Waals surface area (Å²) in [4.78, 5) is 22.8. The summed E-state index contributed by atoms with van der Waals surface area (Å²) in [6, 6.07) is 0. The first-order valence-corrected chi connectivity index (χ1v) is 7.99. The molecule has 1 aliphatic carbocycles. The molecule has 1 aliphatic rings. The van der Waals surface area contributed by atoms with Gasteiger partial charge in [0, 0.05) is 12.0 Å². The topological polar surface area (TPSA) is 75.6 Å². The predicted octanol–water partition coefficient (Wildman–Crippen LogP) is 2.87. The van der Waals surface area contributed by atoms with Gasteiger partial charge in [0.05, 0.1) is 6.10 Å². The second-order valence-corrected chi connectivity index (χ2v) is 6.66. The van der Waals surface area contributed by atoms with Gasteiger partial charge in [0.2, 0.25) is 5.91 Å². The number of nitrogens with one attached hydrogen (secondary N) is 1. The maximum Gasteiger partial charge on any atom is 0.303 e. The van der Waals surface area contributed by atoms with Crippen molar-refractivity contribution in [1.82, 2.24) is 5.32 Å². The molecule has 0 aromatic heterocycles. The largest absolute Gasteiger partial charge is 0.481 e. The normalized spacial score (nSPS) is 18.8. The molecular formula is C16H29NO4. The van der Waals surface area contributed by atoms with E-state index >= 15 is 0 Å². The lowest BCUT2D eigenvalue weighted by Gasteiger charge is -2.28. The maximum atomic E-state index is 12.2. The lowest BCUT2D eigenvalue weighted by Crippen LogP contribution is -2.48. The third-order valence-corrected chi connectivity index (χ3v) is 3.99. The molecule has 0 aromatic carbocycles. The van der Waals surface area contributed by atoms with Crippen molar-refractivity contribution in [2.24, 2.45) is 0 Å². The molecule has 2 N–H and O–H groups in total. The Kier molecular flexibility index (Phi) is 7.15. The molecule has 1 rings (SSSR count). The molecule has 1 atom stereocenters. The van der Waals surface area contributed by atoms with E-state index in [9.17, 15) is 9.59 Å². The molecule has 0 aromatic rings. The first-order valence-electron chi connectivity index (χ1n) is 7.99. The van der Waals surface area contributed by atoms with Gasteiger partial charge in [0.1, 0.15) is 6.10 Å². The zero-order valence-corrected chi connectivity index (χ0v) is 13.5. The molecule has 1 amide bonds. The van der Waals surface area contributed by atoms with E-state index in [1.54, 1.807) is 6.92 Å². The van der Waals surface area contributed by atoms with Crippen LogP contribution >= 0.6 is 0 Å². The summed E-state index contributed by atoms with van der Waals surface area (Å²) in [5.41, 5.74) is -0.531. The van der Waals surface area contributed by atoms with Gasteiger partial charge in [0.15, 0.2) is 0 Å². The summed E-state index contributed by atoms with van der Waals surface area (Å²) >= 11 is 0. The first kappa shape index (κ1) is 18.0. The lowest BCUT2D eigenvalue weighted by atomic mass is 9.98. The summed E-state index contributed by atoms with van der Waals surface area (Å²) in [6.45, 7) is 5.45. The zero-order chi connectivity index (χ0) is 15.9. The summed E-state index contributed by atoms with van der Waals surface area (Å²) in [5, 5.41) is 11.6. The van der Waals surface area contributed by atoms with Crippen LogP contribution in [0, 0.1) is 0 Å². The van der Waals surface area contributed by atoms with Gasteiger partial charge in [-0.15, -0.1) is 0 Å². The number of carboxylic acid groups (broad SMARTS) is 1. The number of carbonyl (C=O) groups excluding carboxylic acids is 1. The van der Waals surface area contributed by atoms with E-state index in [1.165, 1.54) is 25.7 Å². The Balaban J connectivity index is 2.40. The Hall–Kier alpha value is -1.10. The van der Waals surface area contributed by atoms with Crippen LogP contribution in [0.3, 0.4) is 0 Å². The van der Waals surface area contributed by atoms with Gasteiger partial charge in [-0.3, -0.25) is 9.59 Å². The maximum absolute atomic E-state index is 12.2. The fraction of sp³-hybridized carbons (Fsp3) is 0.875. The van der Waals surface area contributed by atoms with Crippen molar-refractivity contribution in [2.75, 3.05) is 0 Å².